The summed E-state index contributed by atoms with van der Waals surface area (Å²) >= 11 is 0. The van der Waals surface area contributed by atoms with Gasteiger partial charge in [0.25, 0.3) is 0 Å². The van der Waals surface area contributed by atoms with Crippen LogP contribution in [0.3, 0.4) is 0 Å². The molecule has 50 valence electrons. The first-order valence-electron chi connectivity index (χ1n) is 3.38. The third-order valence-corrected chi connectivity index (χ3v) is 2.26. The largest absolute Gasteiger partial charge is 0.303 e. The van der Waals surface area contributed by atoms with Crippen LogP contribution in [0.4, 0.5) is 0 Å². The molecule has 0 aromatic rings. The van der Waals surface area contributed by atoms with Crippen LogP contribution in [0.5, 0.6) is 0 Å². The van der Waals surface area contributed by atoms with E-state index in [-0.39, 0.29) is 5.92 Å². The van der Waals surface area contributed by atoms with Crippen molar-refractivity contribution in [3.8, 4) is 0 Å². The maximum absolute atomic E-state index is 10.3. The Morgan fingerprint density at radius 3 is 2.67 bits per heavy atom. The molecule has 1 nitrogen and oxygen atoms in total. The number of hydrogen-bond donors (Lipinski definition) is 0. The average molecular weight is 124 g/mol. The minimum absolute atomic E-state index is 0.262. The molecule has 0 saturated heterocycles. The zero-order chi connectivity index (χ0) is 6.85. The summed E-state index contributed by atoms with van der Waals surface area (Å²) in [6, 6.07) is 0. The predicted octanol–water partition coefficient (Wildman–Crippen LogP) is 1.79. The van der Waals surface area contributed by atoms with Crippen LogP contribution in [0, 0.1) is 11.8 Å². The maximum atomic E-state index is 10.3. The predicted molar refractivity (Wildman–Crippen MR) is 37.1 cm³/mol. The first-order valence-corrected chi connectivity index (χ1v) is 3.38. The molecule has 0 aromatic carbocycles. The quantitative estimate of drug-likeness (QED) is 0.384. The van der Waals surface area contributed by atoms with Gasteiger partial charge in [0.1, 0.15) is 6.29 Å². The van der Waals surface area contributed by atoms with E-state index in [1.54, 1.807) is 0 Å². The average Bonchev–Trinajstić information content (AvgIpc) is 2.15. The molecular formula is C8H12O. The first kappa shape index (κ1) is 6.53. The number of allylic oxidation sites excluding steroid dienone is 1. The molecule has 0 radical (unpaired) electrons. The molecule has 1 fully saturated rings. The molecule has 0 aliphatic heterocycles. The topological polar surface area (TPSA) is 17.1 Å². The van der Waals surface area contributed by atoms with Crippen molar-refractivity contribution in [3.05, 3.63) is 12.2 Å². The van der Waals surface area contributed by atoms with Crippen LogP contribution in [0.15, 0.2) is 12.2 Å². The molecule has 0 N–H and O–H groups in total. The van der Waals surface area contributed by atoms with Gasteiger partial charge in [0, 0.05) is 5.92 Å². The van der Waals surface area contributed by atoms with E-state index >= 15 is 0 Å². The summed E-state index contributed by atoms with van der Waals surface area (Å²) in [5.74, 6) is 0.694. The summed E-state index contributed by atoms with van der Waals surface area (Å²) in [6.07, 6.45) is 3.12. The molecular weight excluding hydrogens is 112 g/mol. The lowest BCUT2D eigenvalue weighted by molar-refractivity contribution is -0.111. The van der Waals surface area contributed by atoms with E-state index < -0.39 is 0 Å². The number of carbonyl (C=O) groups is 1. The van der Waals surface area contributed by atoms with E-state index in [0.29, 0.717) is 5.92 Å². The van der Waals surface area contributed by atoms with Crippen molar-refractivity contribution in [2.24, 2.45) is 11.8 Å². The minimum Gasteiger partial charge on any atom is -0.303 e. The smallest absolute Gasteiger partial charge is 0.123 e. The Morgan fingerprint density at radius 2 is 2.44 bits per heavy atom. The number of rotatable bonds is 1. The fourth-order valence-electron chi connectivity index (χ4n) is 1.32. The summed E-state index contributed by atoms with van der Waals surface area (Å²) in [5.41, 5.74) is 1.24. The second kappa shape index (κ2) is 2.34. The number of carbonyl (C=O) groups excluding carboxylic acids is 1. The van der Waals surface area contributed by atoms with Gasteiger partial charge in [0.15, 0.2) is 0 Å². The molecule has 0 aromatic heterocycles. The fourth-order valence-corrected chi connectivity index (χ4v) is 1.32. The second-order valence-electron chi connectivity index (χ2n) is 2.79. The minimum atomic E-state index is 0.262. The van der Waals surface area contributed by atoms with Gasteiger partial charge in [0.2, 0.25) is 0 Å². The van der Waals surface area contributed by atoms with E-state index in [1.807, 2.05) is 0 Å². The van der Waals surface area contributed by atoms with Crippen molar-refractivity contribution in [2.45, 2.75) is 19.8 Å². The highest BCUT2D eigenvalue weighted by Gasteiger charge is 2.25. The molecule has 1 rings (SSSR count). The van der Waals surface area contributed by atoms with Crippen LogP contribution < -0.4 is 0 Å². The Labute approximate surface area is 55.8 Å². The highest BCUT2D eigenvalue weighted by Crippen LogP contribution is 2.33. The molecule has 1 saturated carbocycles. The molecule has 0 heterocycles. The van der Waals surface area contributed by atoms with Crippen molar-refractivity contribution in [2.75, 3.05) is 0 Å². The molecule has 1 aliphatic rings. The highest BCUT2D eigenvalue weighted by molar-refractivity contribution is 5.56. The summed E-state index contributed by atoms with van der Waals surface area (Å²) in [5, 5.41) is 0. The van der Waals surface area contributed by atoms with Crippen LogP contribution in [0.25, 0.3) is 0 Å². The van der Waals surface area contributed by atoms with E-state index in [0.717, 1.165) is 19.1 Å². The van der Waals surface area contributed by atoms with Crippen LogP contribution in [0.2, 0.25) is 0 Å². The number of hydrogen-bond acceptors (Lipinski definition) is 1. The lowest BCUT2D eigenvalue weighted by Gasteiger charge is -2.06. The molecule has 0 amide bonds. The first-order chi connectivity index (χ1) is 4.25. The monoisotopic (exact) mass is 124 g/mol. The van der Waals surface area contributed by atoms with Gasteiger partial charge in [-0.05, 0) is 18.8 Å². The summed E-state index contributed by atoms with van der Waals surface area (Å²) < 4.78 is 0. The zero-order valence-electron chi connectivity index (χ0n) is 5.76. The van der Waals surface area contributed by atoms with Crippen molar-refractivity contribution in [1.29, 1.82) is 0 Å². The lowest BCUT2D eigenvalue weighted by atomic mass is 9.98. The lowest BCUT2D eigenvalue weighted by Crippen LogP contribution is -2.04. The Morgan fingerprint density at radius 1 is 1.78 bits per heavy atom. The molecule has 9 heavy (non-hydrogen) atoms. The summed E-state index contributed by atoms with van der Waals surface area (Å²) in [7, 11) is 0. The van der Waals surface area contributed by atoms with E-state index in [9.17, 15) is 4.79 Å². The third-order valence-electron chi connectivity index (χ3n) is 2.26. The van der Waals surface area contributed by atoms with Gasteiger partial charge in [-0.15, -0.1) is 0 Å². The Balaban J connectivity index is 2.61. The van der Waals surface area contributed by atoms with Crippen LogP contribution in [0.1, 0.15) is 19.8 Å². The van der Waals surface area contributed by atoms with Gasteiger partial charge in [-0.1, -0.05) is 19.1 Å². The van der Waals surface area contributed by atoms with Crippen LogP contribution >= 0.6 is 0 Å². The van der Waals surface area contributed by atoms with Crippen molar-refractivity contribution >= 4 is 6.29 Å². The molecule has 2 atom stereocenters. The zero-order valence-corrected chi connectivity index (χ0v) is 5.76. The van der Waals surface area contributed by atoms with Crippen molar-refractivity contribution in [1.82, 2.24) is 0 Å². The van der Waals surface area contributed by atoms with E-state index in [1.165, 1.54) is 5.57 Å². The molecule has 0 spiro atoms. The van der Waals surface area contributed by atoms with E-state index in [4.69, 9.17) is 0 Å². The van der Waals surface area contributed by atoms with Crippen LogP contribution in [-0.4, -0.2) is 6.29 Å². The molecule has 0 bridgehead atoms. The van der Waals surface area contributed by atoms with Gasteiger partial charge in [-0.2, -0.15) is 0 Å². The van der Waals surface area contributed by atoms with Gasteiger partial charge >= 0.3 is 0 Å². The van der Waals surface area contributed by atoms with Crippen molar-refractivity contribution < 1.29 is 4.79 Å². The fraction of sp³-hybridized carbons (Fsp3) is 0.625. The van der Waals surface area contributed by atoms with Gasteiger partial charge in [-0.25, -0.2) is 0 Å². The normalized spacial score (nSPS) is 35.0. The second-order valence-corrected chi connectivity index (χ2v) is 2.79. The standard InChI is InChI=1S/C8H12O/c1-6-3-4-8(5-9)7(6)2/h5,7-8H,1,3-4H2,2H3. The molecule has 1 heteroatoms. The summed E-state index contributed by atoms with van der Waals surface area (Å²) in [6.45, 7) is 5.95. The molecule has 1 aliphatic carbocycles. The molecule has 2 unspecified atom stereocenters. The maximum Gasteiger partial charge on any atom is 0.123 e. The Kier molecular flexibility index (Phi) is 1.70. The summed E-state index contributed by atoms with van der Waals surface area (Å²) in [4.78, 5) is 10.3. The van der Waals surface area contributed by atoms with Gasteiger partial charge < -0.3 is 4.79 Å². The highest BCUT2D eigenvalue weighted by atomic mass is 16.1. The van der Waals surface area contributed by atoms with Crippen molar-refractivity contribution in [3.63, 3.8) is 0 Å². The third kappa shape index (κ3) is 1.04. The SMILES string of the molecule is C=C1CCC(C=O)C1C. The van der Waals surface area contributed by atoms with Gasteiger partial charge in [0.05, 0.1) is 0 Å². The Bertz CT molecular complexity index is 138. The van der Waals surface area contributed by atoms with Crippen LogP contribution in [-0.2, 0) is 4.79 Å². The Hall–Kier alpha value is -0.590. The number of aldehydes is 1. The van der Waals surface area contributed by atoms with E-state index in [2.05, 4.69) is 13.5 Å². The van der Waals surface area contributed by atoms with Gasteiger partial charge in [-0.3, -0.25) is 0 Å².